The Morgan fingerprint density at radius 2 is 1.80 bits per heavy atom. The van der Waals surface area contributed by atoms with Crippen LogP contribution in [0.2, 0.25) is 0 Å². The molecule has 1 heterocycles. The maximum atomic E-state index is 12.7. The van der Waals surface area contributed by atoms with Crippen LogP contribution in [0.1, 0.15) is 27.0 Å². The van der Waals surface area contributed by atoms with Crippen molar-refractivity contribution in [2.45, 2.75) is 20.4 Å². The van der Waals surface area contributed by atoms with E-state index in [1.807, 2.05) is 67.7 Å². The van der Waals surface area contributed by atoms with Crippen LogP contribution in [0.3, 0.4) is 0 Å². The molecule has 3 N–H and O–H groups in total. The van der Waals surface area contributed by atoms with E-state index in [-0.39, 0.29) is 5.56 Å². The lowest BCUT2D eigenvalue weighted by Gasteiger charge is -2.06. The average molecular weight is 406 g/mol. The Kier molecular flexibility index (Phi) is 6.26. The van der Waals surface area contributed by atoms with E-state index in [1.54, 1.807) is 10.9 Å². The summed E-state index contributed by atoms with van der Waals surface area (Å²) in [7, 11) is 0. The van der Waals surface area contributed by atoms with E-state index >= 15 is 0 Å². The smallest absolute Gasteiger partial charge is 0.342 e. The van der Waals surface area contributed by atoms with Gasteiger partial charge >= 0.3 is 12.0 Å². The van der Waals surface area contributed by atoms with Crippen LogP contribution in [0.15, 0.2) is 54.7 Å². The summed E-state index contributed by atoms with van der Waals surface area (Å²) in [6.45, 7) is 3.82. The van der Waals surface area contributed by atoms with Crippen molar-refractivity contribution in [3.8, 4) is 11.3 Å². The molecule has 3 amide bonds. The van der Waals surface area contributed by atoms with E-state index in [2.05, 4.69) is 5.10 Å². The van der Waals surface area contributed by atoms with Crippen molar-refractivity contribution in [3.05, 3.63) is 77.0 Å². The minimum Gasteiger partial charge on any atom is -0.452 e. The third-order valence-electron chi connectivity index (χ3n) is 4.55. The number of nitrogens with zero attached hydrogens (tertiary/aromatic N) is 2. The van der Waals surface area contributed by atoms with Gasteiger partial charge in [0.25, 0.3) is 5.91 Å². The second-order valence-electron chi connectivity index (χ2n) is 6.86. The molecule has 3 aromatic rings. The summed E-state index contributed by atoms with van der Waals surface area (Å²) in [4.78, 5) is 35.0. The topological polar surface area (TPSA) is 116 Å². The first-order valence-corrected chi connectivity index (χ1v) is 9.29. The number of ether oxygens (including phenoxy) is 1. The number of aromatic nitrogens is 2. The summed E-state index contributed by atoms with van der Waals surface area (Å²) in [5.41, 5.74) is 9.53. The Morgan fingerprint density at radius 3 is 2.47 bits per heavy atom. The van der Waals surface area contributed by atoms with Gasteiger partial charge in [0.15, 0.2) is 6.61 Å². The minimum atomic E-state index is -1.01. The zero-order chi connectivity index (χ0) is 21.7. The van der Waals surface area contributed by atoms with Gasteiger partial charge in [0.2, 0.25) is 0 Å². The third kappa shape index (κ3) is 5.11. The van der Waals surface area contributed by atoms with Crippen molar-refractivity contribution in [3.63, 3.8) is 0 Å². The molecule has 8 heteroatoms. The van der Waals surface area contributed by atoms with E-state index in [0.717, 1.165) is 22.3 Å². The van der Waals surface area contributed by atoms with Crippen molar-refractivity contribution in [2.24, 2.45) is 5.73 Å². The Hall–Kier alpha value is -3.94. The summed E-state index contributed by atoms with van der Waals surface area (Å²) in [5.74, 6) is -1.53. The molecule has 1 aromatic heterocycles. The molecule has 154 valence electrons. The van der Waals surface area contributed by atoms with Gasteiger partial charge in [-0.05, 0) is 36.6 Å². The number of nitrogens with two attached hydrogens (primary N) is 1. The molecule has 0 aliphatic heterocycles. The SMILES string of the molecule is Cc1ccc(-c2nn(Cc3ccccc3)cc2C(=O)OCC(=O)NC(N)=O)cc1C. The van der Waals surface area contributed by atoms with E-state index in [9.17, 15) is 14.4 Å². The number of carbonyl (C=O) groups is 3. The summed E-state index contributed by atoms with van der Waals surface area (Å²) in [6, 6.07) is 14.5. The van der Waals surface area contributed by atoms with Crippen molar-refractivity contribution in [1.82, 2.24) is 15.1 Å². The number of hydrogen-bond acceptors (Lipinski definition) is 5. The van der Waals surface area contributed by atoms with Gasteiger partial charge in [0, 0.05) is 11.8 Å². The lowest BCUT2D eigenvalue weighted by Crippen LogP contribution is -2.37. The summed E-state index contributed by atoms with van der Waals surface area (Å²) < 4.78 is 6.71. The van der Waals surface area contributed by atoms with Crippen LogP contribution in [0.25, 0.3) is 11.3 Å². The van der Waals surface area contributed by atoms with Crippen LogP contribution < -0.4 is 11.1 Å². The predicted molar refractivity (Wildman–Crippen MR) is 111 cm³/mol. The molecule has 0 fully saturated rings. The van der Waals surface area contributed by atoms with Gasteiger partial charge in [-0.2, -0.15) is 5.10 Å². The molecule has 0 atom stereocenters. The van der Waals surface area contributed by atoms with Crippen LogP contribution in [-0.4, -0.2) is 34.3 Å². The third-order valence-corrected chi connectivity index (χ3v) is 4.55. The highest BCUT2D eigenvalue weighted by atomic mass is 16.5. The summed E-state index contributed by atoms with van der Waals surface area (Å²) in [6.07, 6.45) is 1.59. The molecular weight excluding hydrogens is 384 g/mol. The number of primary amides is 1. The fourth-order valence-electron chi connectivity index (χ4n) is 2.91. The number of carbonyl (C=O) groups excluding carboxylic acids is 3. The highest BCUT2D eigenvalue weighted by Crippen LogP contribution is 2.25. The number of amides is 3. The van der Waals surface area contributed by atoms with Crippen molar-refractivity contribution in [1.29, 1.82) is 0 Å². The Bertz CT molecular complexity index is 1090. The highest BCUT2D eigenvalue weighted by molar-refractivity contribution is 5.99. The van der Waals surface area contributed by atoms with Crippen molar-refractivity contribution in [2.75, 3.05) is 6.61 Å². The molecule has 8 nitrogen and oxygen atoms in total. The highest BCUT2D eigenvalue weighted by Gasteiger charge is 2.21. The fraction of sp³-hybridized carbons (Fsp3) is 0.182. The number of rotatable bonds is 6. The Labute approximate surface area is 173 Å². The average Bonchev–Trinajstić information content (AvgIpc) is 3.12. The van der Waals surface area contributed by atoms with Crippen LogP contribution >= 0.6 is 0 Å². The Morgan fingerprint density at radius 1 is 1.07 bits per heavy atom. The largest absolute Gasteiger partial charge is 0.452 e. The quantitative estimate of drug-likeness (QED) is 0.610. The van der Waals surface area contributed by atoms with Crippen LogP contribution in [0.5, 0.6) is 0 Å². The second kappa shape index (κ2) is 9.04. The first kappa shape index (κ1) is 20.8. The number of aryl methyl sites for hydroxylation is 2. The number of esters is 1. The van der Waals surface area contributed by atoms with Crippen LogP contribution in [0, 0.1) is 13.8 Å². The molecule has 0 saturated heterocycles. The van der Waals surface area contributed by atoms with E-state index in [4.69, 9.17) is 10.5 Å². The van der Waals surface area contributed by atoms with Gasteiger partial charge in [0.05, 0.1) is 6.54 Å². The molecule has 0 aliphatic rings. The van der Waals surface area contributed by atoms with E-state index < -0.39 is 24.5 Å². The molecule has 0 aliphatic carbocycles. The number of imide groups is 1. The fourth-order valence-corrected chi connectivity index (χ4v) is 2.91. The van der Waals surface area contributed by atoms with Crippen LogP contribution in [0.4, 0.5) is 4.79 Å². The van der Waals surface area contributed by atoms with Crippen molar-refractivity contribution < 1.29 is 19.1 Å². The minimum absolute atomic E-state index is 0.223. The molecule has 0 unspecified atom stereocenters. The van der Waals surface area contributed by atoms with Gasteiger partial charge in [0.1, 0.15) is 11.3 Å². The monoisotopic (exact) mass is 406 g/mol. The van der Waals surface area contributed by atoms with Gasteiger partial charge in [-0.15, -0.1) is 0 Å². The molecule has 2 aromatic carbocycles. The molecule has 0 spiro atoms. The molecule has 0 radical (unpaired) electrons. The molecular formula is C22H22N4O4. The number of nitrogens with one attached hydrogen (secondary N) is 1. The molecule has 3 rings (SSSR count). The number of urea groups is 1. The number of benzene rings is 2. The lowest BCUT2D eigenvalue weighted by atomic mass is 10.0. The standard InChI is InChI=1S/C22H22N4O4/c1-14-8-9-17(10-15(14)2)20-18(21(28)30-13-19(27)24-22(23)29)12-26(25-20)11-16-6-4-3-5-7-16/h3-10,12H,11,13H2,1-2H3,(H3,23,24,27,29). The van der Waals surface area contributed by atoms with Gasteiger partial charge in [-0.25, -0.2) is 9.59 Å². The Balaban J connectivity index is 1.90. The van der Waals surface area contributed by atoms with Crippen LogP contribution in [-0.2, 0) is 16.1 Å². The first-order chi connectivity index (χ1) is 14.3. The maximum absolute atomic E-state index is 12.7. The van der Waals surface area contributed by atoms with Gasteiger partial charge < -0.3 is 10.5 Å². The molecule has 30 heavy (non-hydrogen) atoms. The van der Waals surface area contributed by atoms with Crippen molar-refractivity contribution >= 4 is 17.9 Å². The zero-order valence-electron chi connectivity index (χ0n) is 16.7. The lowest BCUT2D eigenvalue weighted by molar-refractivity contribution is -0.123. The molecule has 0 bridgehead atoms. The van der Waals surface area contributed by atoms with E-state index in [1.165, 1.54) is 0 Å². The summed E-state index contributed by atoms with van der Waals surface area (Å²) in [5, 5.41) is 6.43. The molecule has 0 saturated carbocycles. The second-order valence-corrected chi connectivity index (χ2v) is 6.86. The number of hydrogen-bond donors (Lipinski definition) is 2. The normalized spacial score (nSPS) is 10.5. The van der Waals surface area contributed by atoms with E-state index in [0.29, 0.717) is 12.2 Å². The predicted octanol–water partition coefficient (Wildman–Crippen LogP) is 2.57. The van der Waals surface area contributed by atoms with Gasteiger partial charge in [-0.3, -0.25) is 14.8 Å². The summed E-state index contributed by atoms with van der Waals surface area (Å²) >= 11 is 0. The van der Waals surface area contributed by atoms with Gasteiger partial charge in [-0.1, -0.05) is 42.5 Å². The zero-order valence-corrected chi connectivity index (χ0v) is 16.7. The first-order valence-electron chi connectivity index (χ1n) is 9.29. The maximum Gasteiger partial charge on any atom is 0.342 e.